The van der Waals surface area contributed by atoms with Crippen molar-refractivity contribution in [2.75, 3.05) is 26.2 Å². The Hall–Kier alpha value is -0.610. The van der Waals surface area contributed by atoms with Crippen LogP contribution in [-0.2, 0) is 9.53 Å². The molecule has 0 saturated carbocycles. The zero-order valence-electron chi connectivity index (χ0n) is 8.30. The molecule has 0 radical (unpaired) electrons. The average molecular weight is 186 g/mol. The second-order valence-electron chi connectivity index (χ2n) is 3.18. The summed E-state index contributed by atoms with van der Waals surface area (Å²) in [6.07, 6.45) is 0. The summed E-state index contributed by atoms with van der Waals surface area (Å²) >= 11 is 0. The Morgan fingerprint density at radius 1 is 1.54 bits per heavy atom. The van der Waals surface area contributed by atoms with Gasteiger partial charge in [-0.25, -0.2) is 0 Å². The lowest BCUT2D eigenvalue weighted by atomic mass is 10.0. The van der Waals surface area contributed by atoms with E-state index in [9.17, 15) is 4.79 Å². The monoisotopic (exact) mass is 186 g/mol. The summed E-state index contributed by atoms with van der Waals surface area (Å²) in [5, 5.41) is 6.45. The maximum atomic E-state index is 11.4. The van der Waals surface area contributed by atoms with Crippen LogP contribution in [0.2, 0.25) is 0 Å². The molecule has 1 heterocycles. The predicted molar refractivity (Wildman–Crippen MR) is 50.5 cm³/mol. The molecule has 0 aromatic carbocycles. The van der Waals surface area contributed by atoms with Crippen LogP contribution in [-0.4, -0.2) is 38.3 Å². The van der Waals surface area contributed by atoms with Crippen LogP contribution in [0.4, 0.5) is 0 Å². The molecule has 1 aliphatic rings. The van der Waals surface area contributed by atoms with E-state index in [0.29, 0.717) is 6.61 Å². The zero-order chi connectivity index (χ0) is 9.68. The lowest BCUT2D eigenvalue weighted by Gasteiger charge is -2.17. The number of ether oxygens (including phenoxy) is 1. The normalized spacial score (nSPS) is 27.5. The minimum atomic E-state index is -0.0848. The Balaban J connectivity index is 2.42. The summed E-state index contributed by atoms with van der Waals surface area (Å²) in [6, 6.07) is 0.240. The number of hydrogen-bond donors (Lipinski definition) is 2. The van der Waals surface area contributed by atoms with Gasteiger partial charge in [-0.05, 0) is 13.5 Å². The number of hydrogen-bond acceptors (Lipinski definition) is 4. The first kappa shape index (κ1) is 10.5. The number of carbonyl (C=O) groups excluding carboxylic acids is 1. The predicted octanol–water partition coefficient (Wildman–Crippen LogP) is -0.253. The van der Waals surface area contributed by atoms with Crippen LogP contribution < -0.4 is 10.6 Å². The summed E-state index contributed by atoms with van der Waals surface area (Å²) in [4.78, 5) is 11.4. The largest absolute Gasteiger partial charge is 0.466 e. The molecule has 0 amide bonds. The van der Waals surface area contributed by atoms with Crippen molar-refractivity contribution in [1.29, 1.82) is 0 Å². The molecular formula is C9H18N2O2. The van der Waals surface area contributed by atoms with Crippen LogP contribution in [0.15, 0.2) is 0 Å². The maximum absolute atomic E-state index is 11.4. The van der Waals surface area contributed by atoms with E-state index in [1.807, 2.05) is 13.8 Å². The van der Waals surface area contributed by atoms with Gasteiger partial charge < -0.3 is 15.4 Å². The van der Waals surface area contributed by atoms with Crippen LogP contribution in [0.3, 0.4) is 0 Å². The molecule has 1 fully saturated rings. The SMILES string of the molecule is CCNC1CNCC1C(=O)OCC. The number of nitrogens with one attached hydrogen (secondary N) is 2. The van der Waals surface area contributed by atoms with Crippen molar-refractivity contribution in [2.45, 2.75) is 19.9 Å². The minimum Gasteiger partial charge on any atom is -0.466 e. The molecule has 0 aromatic rings. The highest BCUT2D eigenvalue weighted by Gasteiger charge is 2.33. The van der Waals surface area contributed by atoms with Gasteiger partial charge in [-0.2, -0.15) is 0 Å². The van der Waals surface area contributed by atoms with Crippen LogP contribution >= 0.6 is 0 Å². The second kappa shape index (κ2) is 5.19. The third-order valence-electron chi connectivity index (χ3n) is 2.27. The zero-order valence-corrected chi connectivity index (χ0v) is 8.30. The number of likely N-dealkylation sites (N-methyl/N-ethyl adjacent to an activating group) is 1. The molecule has 1 rings (SSSR count). The van der Waals surface area contributed by atoms with Gasteiger partial charge in [0, 0.05) is 19.1 Å². The average Bonchev–Trinajstić information content (AvgIpc) is 2.54. The van der Waals surface area contributed by atoms with Gasteiger partial charge in [0.25, 0.3) is 0 Å². The summed E-state index contributed by atoms with van der Waals surface area (Å²) in [5.74, 6) is -0.0987. The lowest BCUT2D eigenvalue weighted by Crippen LogP contribution is -2.39. The molecule has 13 heavy (non-hydrogen) atoms. The molecule has 2 unspecified atom stereocenters. The Labute approximate surface area is 79.0 Å². The van der Waals surface area contributed by atoms with Crippen molar-refractivity contribution in [3.05, 3.63) is 0 Å². The standard InChI is InChI=1S/C9H18N2O2/c1-3-11-8-6-10-5-7(8)9(12)13-4-2/h7-8,10-11H,3-6H2,1-2H3. The quantitative estimate of drug-likeness (QED) is 0.594. The molecule has 0 bridgehead atoms. The van der Waals surface area contributed by atoms with E-state index in [-0.39, 0.29) is 17.9 Å². The van der Waals surface area contributed by atoms with Crippen molar-refractivity contribution >= 4 is 5.97 Å². The molecular weight excluding hydrogens is 168 g/mol. The highest BCUT2D eigenvalue weighted by atomic mass is 16.5. The first-order valence-corrected chi connectivity index (χ1v) is 4.90. The second-order valence-corrected chi connectivity index (χ2v) is 3.18. The Morgan fingerprint density at radius 2 is 2.31 bits per heavy atom. The van der Waals surface area contributed by atoms with Gasteiger partial charge in [0.15, 0.2) is 0 Å². The molecule has 2 atom stereocenters. The van der Waals surface area contributed by atoms with E-state index in [1.54, 1.807) is 0 Å². The highest BCUT2D eigenvalue weighted by molar-refractivity contribution is 5.74. The van der Waals surface area contributed by atoms with Crippen LogP contribution in [0, 0.1) is 5.92 Å². The number of esters is 1. The van der Waals surface area contributed by atoms with E-state index in [1.165, 1.54) is 0 Å². The molecule has 4 heteroatoms. The fourth-order valence-electron chi connectivity index (χ4n) is 1.65. The minimum absolute atomic E-state index is 0.0140. The van der Waals surface area contributed by atoms with Gasteiger partial charge in [0.05, 0.1) is 12.5 Å². The van der Waals surface area contributed by atoms with E-state index >= 15 is 0 Å². The van der Waals surface area contributed by atoms with Crippen molar-refractivity contribution in [2.24, 2.45) is 5.92 Å². The van der Waals surface area contributed by atoms with Crippen LogP contribution in [0.1, 0.15) is 13.8 Å². The van der Waals surface area contributed by atoms with Gasteiger partial charge in [-0.1, -0.05) is 6.92 Å². The van der Waals surface area contributed by atoms with Gasteiger partial charge in [0.2, 0.25) is 0 Å². The van der Waals surface area contributed by atoms with E-state index < -0.39 is 0 Å². The molecule has 0 spiro atoms. The Morgan fingerprint density at radius 3 is 2.92 bits per heavy atom. The highest BCUT2D eigenvalue weighted by Crippen LogP contribution is 2.10. The van der Waals surface area contributed by atoms with Gasteiger partial charge in [0.1, 0.15) is 0 Å². The molecule has 2 N–H and O–H groups in total. The molecule has 1 aliphatic heterocycles. The summed E-state index contributed by atoms with van der Waals surface area (Å²) in [6.45, 7) is 6.83. The molecule has 0 aromatic heterocycles. The Kier molecular flexibility index (Phi) is 4.18. The summed E-state index contributed by atoms with van der Waals surface area (Å²) in [5.41, 5.74) is 0. The fraction of sp³-hybridized carbons (Fsp3) is 0.889. The molecule has 76 valence electrons. The third-order valence-corrected chi connectivity index (χ3v) is 2.27. The molecule has 0 aliphatic carbocycles. The van der Waals surface area contributed by atoms with Crippen molar-refractivity contribution in [3.63, 3.8) is 0 Å². The first-order chi connectivity index (χ1) is 6.29. The molecule has 1 saturated heterocycles. The van der Waals surface area contributed by atoms with E-state index in [2.05, 4.69) is 10.6 Å². The van der Waals surface area contributed by atoms with E-state index in [4.69, 9.17) is 4.74 Å². The summed E-state index contributed by atoms with van der Waals surface area (Å²) in [7, 11) is 0. The van der Waals surface area contributed by atoms with Gasteiger partial charge in [-0.15, -0.1) is 0 Å². The smallest absolute Gasteiger partial charge is 0.311 e. The van der Waals surface area contributed by atoms with Crippen LogP contribution in [0.25, 0.3) is 0 Å². The number of carbonyl (C=O) groups is 1. The fourth-order valence-corrected chi connectivity index (χ4v) is 1.65. The third kappa shape index (κ3) is 2.67. The van der Waals surface area contributed by atoms with Crippen molar-refractivity contribution < 1.29 is 9.53 Å². The lowest BCUT2D eigenvalue weighted by molar-refractivity contribution is -0.147. The molecule has 4 nitrogen and oxygen atoms in total. The van der Waals surface area contributed by atoms with Crippen molar-refractivity contribution in [1.82, 2.24) is 10.6 Å². The maximum Gasteiger partial charge on any atom is 0.311 e. The summed E-state index contributed by atoms with van der Waals surface area (Å²) < 4.78 is 4.98. The Bertz CT molecular complexity index is 173. The van der Waals surface area contributed by atoms with Crippen LogP contribution in [0.5, 0.6) is 0 Å². The van der Waals surface area contributed by atoms with Gasteiger partial charge >= 0.3 is 5.97 Å². The van der Waals surface area contributed by atoms with Gasteiger partial charge in [-0.3, -0.25) is 4.79 Å². The first-order valence-electron chi connectivity index (χ1n) is 4.90. The van der Waals surface area contributed by atoms with Crippen molar-refractivity contribution in [3.8, 4) is 0 Å². The topological polar surface area (TPSA) is 50.4 Å². The number of rotatable bonds is 4. The van der Waals surface area contributed by atoms with E-state index in [0.717, 1.165) is 19.6 Å².